The number of carbonyl (C=O) groups excluding carboxylic acids is 2. The van der Waals surface area contributed by atoms with E-state index in [1.54, 1.807) is 11.0 Å². The van der Waals surface area contributed by atoms with Crippen LogP contribution in [0.2, 0.25) is 0 Å². The fraction of sp³-hybridized carbons (Fsp3) is 0.591. The highest BCUT2D eigenvalue weighted by atomic mass is 32.2. The van der Waals surface area contributed by atoms with Crippen molar-refractivity contribution in [1.29, 1.82) is 0 Å². The summed E-state index contributed by atoms with van der Waals surface area (Å²) in [5, 5.41) is 0. The Hall–Kier alpha value is -3.98. The Kier molecular flexibility index (Phi) is 17.0. The van der Waals surface area contributed by atoms with Crippen LogP contribution in [0, 0.1) is 12.3 Å². The van der Waals surface area contributed by atoms with Gasteiger partial charge in [-0.2, -0.15) is 0 Å². The standard InChI is InChI=1S/C22H32N2O5S.C22H30N2O5S/c2*1-4-18-14-20(23-30(3,26)27)21(24(18)22(25)28-2)15-29-19-12-10-17(11-13-19)16-8-6-5-7-9-16/h4-9,17-21,23H,1,10-15H2,2-3H3;1,5-9,17-21,23H,10-15H2,2-3H3/t17?,18-,19?,20+,21+;17?,18?,19?,20-,21-/m10/s1. The minimum absolute atomic E-state index is 0.0771. The highest BCUT2D eigenvalue weighted by molar-refractivity contribution is 7.89. The first kappa shape index (κ1) is 47.1. The number of ether oxygens (including phenoxy) is 4. The Labute approximate surface area is 356 Å². The molecule has 2 aliphatic carbocycles. The van der Waals surface area contributed by atoms with E-state index < -0.39 is 62.4 Å². The lowest BCUT2D eigenvalue weighted by molar-refractivity contribution is -0.00759. The van der Waals surface area contributed by atoms with Crippen molar-refractivity contribution in [2.24, 2.45) is 0 Å². The molecule has 2 N–H and O–H groups in total. The molecule has 2 saturated heterocycles. The van der Waals surface area contributed by atoms with Gasteiger partial charge in [-0.15, -0.1) is 13.0 Å². The lowest BCUT2D eigenvalue weighted by atomic mass is 9.83. The molecule has 0 radical (unpaired) electrons. The van der Waals surface area contributed by atoms with Crippen molar-refractivity contribution in [2.45, 2.75) is 125 Å². The highest BCUT2D eigenvalue weighted by Crippen LogP contribution is 2.36. The van der Waals surface area contributed by atoms with Gasteiger partial charge < -0.3 is 18.9 Å². The van der Waals surface area contributed by atoms with Gasteiger partial charge in [0.1, 0.15) is 0 Å². The molecule has 60 heavy (non-hydrogen) atoms. The van der Waals surface area contributed by atoms with Gasteiger partial charge in [0.2, 0.25) is 20.0 Å². The number of likely N-dealkylation sites (tertiary alicyclic amines) is 2. The fourth-order valence-electron chi connectivity index (χ4n) is 9.25. The first-order valence-corrected chi connectivity index (χ1v) is 24.5. The number of methoxy groups -OCH3 is 2. The van der Waals surface area contributed by atoms with Crippen LogP contribution < -0.4 is 9.44 Å². The number of sulfonamides is 2. The molecule has 6 atom stereocenters. The summed E-state index contributed by atoms with van der Waals surface area (Å²) in [6, 6.07) is 18.3. The summed E-state index contributed by atoms with van der Waals surface area (Å²) >= 11 is 0. The predicted molar refractivity (Wildman–Crippen MR) is 230 cm³/mol. The Morgan fingerprint density at radius 1 is 0.700 bits per heavy atom. The maximum absolute atomic E-state index is 12.4. The van der Waals surface area contributed by atoms with Crippen molar-refractivity contribution in [3.8, 4) is 12.3 Å². The number of terminal acetylenes is 1. The lowest BCUT2D eigenvalue weighted by Gasteiger charge is -2.33. The van der Waals surface area contributed by atoms with Crippen LogP contribution in [-0.4, -0.2) is 127 Å². The van der Waals surface area contributed by atoms with E-state index in [2.05, 4.69) is 70.5 Å². The average molecular weight is 871 g/mol. The first-order valence-electron chi connectivity index (χ1n) is 20.7. The molecule has 2 aliphatic heterocycles. The molecule has 1 unspecified atom stereocenters. The summed E-state index contributed by atoms with van der Waals surface area (Å²) in [5.41, 5.74) is 2.73. The first-order chi connectivity index (χ1) is 28.6. The molecule has 14 nitrogen and oxygen atoms in total. The summed E-state index contributed by atoms with van der Waals surface area (Å²) in [7, 11) is -4.28. The number of hydrogen-bond acceptors (Lipinski definition) is 10. The van der Waals surface area contributed by atoms with Gasteiger partial charge in [0, 0.05) is 12.1 Å². The van der Waals surface area contributed by atoms with Gasteiger partial charge >= 0.3 is 12.2 Å². The normalized spacial score (nSPS) is 29.4. The SMILES string of the molecule is C#CC1C[C@H](NS(C)(=O)=O)[C@H](COC2CCC(c3ccccc3)CC2)N1C(=O)OC.C=C[C@@H]1C[C@H](NS(C)(=O)=O)[C@H](COC2CCC(c3ccccc3)CC2)N1C(=O)OC. The van der Waals surface area contributed by atoms with Crippen LogP contribution in [0.4, 0.5) is 9.59 Å². The largest absolute Gasteiger partial charge is 0.453 e. The van der Waals surface area contributed by atoms with E-state index in [1.165, 1.54) is 30.2 Å². The summed E-state index contributed by atoms with van der Waals surface area (Å²) < 4.78 is 74.7. The molecule has 2 saturated carbocycles. The Morgan fingerprint density at radius 3 is 1.48 bits per heavy atom. The Balaban J connectivity index is 0.000000228. The van der Waals surface area contributed by atoms with Crippen LogP contribution in [0.5, 0.6) is 0 Å². The summed E-state index contributed by atoms with van der Waals surface area (Å²) in [5.74, 6) is 3.66. The second-order valence-corrected chi connectivity index (χ2v) is 19.8. The smallest absolute Gasteiger partial charge is 0.410 e. The third-order valence-electron chi connectivity index (χ3n) is 12.2. The third-order valence-corrected chi connectivity index (χ3v) is 13.6. The molecule has 16 heteroatoms. The molecule has 6 rings (SSSR count). The predicted octanol–water partition coefficient (Wildman–Crippen LogP) is 5.53. The number of nitrogens with zero attached hydrogens (tertiary/aromatic N) is 2. The topological polar surface area (TPSA) is 170 Å². The van der Waals surface area contributed by atoms with Crippen LogP contribution in [0.1, 0.15) is 87.2 Å². The second-order valence-electron chi connectivity index (χ2n) is 16.3. The lowest BCUT2D eigenvalue weighted by Crippen LogP contribution is -2.50. The number of nitrogens with one attached hydrogen (secondary N) is 2. The van der Waals surface area contributed by atoms with Crippen LogP contribution in [0.25, 0.3) is 0 Å². The molecule has 2 aromatic rings. The molecule has 0 spiro atoms. The number of benzene rings is 2. The Bertz CT molecular complexity index is 1970. The van der Waals surface area contributed by atoms with Crippen molar-refractivity contribution in [3.63, 3.8) is 0 Å². The zero-order valence-electron chi connectivity index (χ0n) is 35.2. The van der Waals surface area contributed by atoms with Crippen molar-refractivity contribution in [1.82, 2.24) is 19.2 Å². The van der Waals surface area contributed by atoms with Crippen molar-refractivity contribution in [3.05, 3.63) is 84.4 Å². The van der Waals surface area contributed by atoms with Crippen molar-refractivity contribution >= 4 is 32.2 Å². The highest BCUT2D eigenvalue weighted by Gasteiger charge is 2.46. The monoisotopic (exact) mass is 870 g/mol. The zero-order chi connectivity index (χ0) is 43.5. The van der Waals surface area contributed by atoms with Crippen LogP contribution in [0.3, 0.4) is 0 Å². The Morgan fingerprint density at radius 2 is 1.10 bits per heavy atom. The van der Waals surface area contributed by atoms with E-state index in [0.29, 0.717) is 24.7 Å². The van der Waals surface area contributed by atoms with E-state index in [4.69, 9.17) is 25.4 Å². The van der Waals surface area contributed by atoms with Crippen LogP contribution >= 0.6 is 0 Å². The molecule has 2 amide bonds. The fourth-order valence-corrected chi connectivity index (χ4v) is 10.9. The number of amides is 2. The summed E-state index contributed by atoms with van der Waals surface area (Å²) in [6.07, 6.45) is 17.3. The molecular formula is C44H62N4O10S2. The van der Waals surface area contributed by atoms with Gasteiger partial charge in [0.15, 0.2) is 0 Å². The van der Waals surface area contributed by atoms with Crippen molar-refractivity contribution in [2.75, 3.05) is 39.9 Å². The van der Waals surface area contributed by atoms with Gasteiger partial charge in [-0.3, -0.25) is 9.80 Å². The number of rotatable bonds is 13. The van der Waals surface area contributed by atoms with Gasteiger partial charge in [0.25, 0.3) is 0 Å². The molecule has 0 aromatic heterocycles. The van der Waals surface area contributed by atoms with Crippen molar-refractivity contribution < 1.29 is 45.4 Å². The third kappa shape index (κ3) is 13.0. The second kappa shape index (κ2) is 21.7. The zero-order valence-corrected chi connectivity index (χ0v) is 36.8. The summed E-state index contributed by atoms with van der Waals surface area (Å²) in [6.45, 7) is 4.26. The minimum Gasteiger partial charge on any atom is -0.453 e. The number of carbonyl (C=O) groups is 2. The van der Waals surface area contributed by atoms with Gasteiger partial charge in [-0.25, -0.2) is 35.9 Å². The van der Waals surface area contributed by atoms with E-state index in [0.717, 1.165) is 63.9 Å². The minimum atomic E-state index is -3.46. The van der Waals surface area contributed by atoms with Crippen LogP contribution in [0.15, 0.2) is 73.3 Å². The molecule has 2 aromatic carbocycles. The van der Waals surface area contributed by atoms with Crippen LogP contribution in [-0.2, 0) is 39.0 Å². The molecular weight excluding hydrogens is 809 g/mol. The van der Waals surface area contributed by atoms with E-state index >= 15 is 0 Å². The molecule has 2 heterocycles. The quantitative estimate of drug-likeness (QED) is 0.193. The number of hydrogen-bond donors (Lipinski definition) is 2. The average Bonchev–Trinajstić information content (AvgIpc) is 3.77. The van der Waals surface area contributed by atoms with Gasteiger partial charge in [-0.05, 0) is 87.2 Å². The molecule has 4 fully saturated rings. The van der Waals surface area contributed by atoms with E-state index in [-0.39, 0.29) is 31.5 Å². The molecule has 0 bridgehead atoms. The maximum Gasteiger partial charge on any atom is 0.410 e. The molecule has 4 aliphatic rings. The maximum atomic E-state index is 12.4. The van der Waals surface area contributed by atoms with E-state index in [9.17, 15) is 26.4 Å². The van der Waals surface area contributed by atoms with E-state index in [1.807, 2.05) is 12.1 Å². The summed E-state index contributed by atoms with van der Waals surface area (Å²) in [4.78, 5) is 27.7. The van der Waals surface area contributed by atoms with Gasteiger partial charge in [-0.1, -0.05) is 72.7 Å². The molecule has 330 valence electrons. The van der Waals surface area contributed by atoms with Gasteiger partial charge in [0.05, 0.1) is 76.3 Å².